The smallest absolute Gasteiger partial charge is 0.0606 e. The van der Waals surface area contributed by atoms with Crippen LogP contribution in [0.1, 0.15) is 11.1 Å². The Kier molecular flexibility index (Phi) is 3.98. The monoisotopic (exact) mass is 214 g/mol. The second-order valence-electron chi connectivity index (χ2n) is 4.19. The van der Waals surface area contributed by atoms with Gasteiger partial charge in [-0.25, -0.2) is 0 Å². The minimum absolute atomic E-state index is 0.884. The Morgan fingerprint density at radius 2 is 1.88 bits per heavy atom. The maximum Gasteiger partial charge on any atom is 0.0606 e. The number of nitrogens with zero attached hydrogens (tertiary/aromatic N) is 1. The molecule has 0 bridgehead atoms. The van der Waals surface area contributed by atoms with Gasteiger partial charge in [0.1, 0.15) is 0 Å². The van der Waals surface area contributed by atoms with Crippen LogP contribution in [0.3, 0.4) is 0 Å². The fourth-order valence-electron chi connectivity index (χ4n) is 1.76. The van der Waals surface area contributed by atoms with Crippen molar-refractivity contribution in [1.82, 2.24) is 10.2 Å². The van der Waals surface area contributed by atoms with Crippen molar-refractivity contribution in [2.24, 2.45) is 0 Å². The summed E-state index contributed by atoms with van der Waals surface area (Å²) in [6.07, 6.45) is 0. The molecule has 84 valence electrons. The van der Waals surface area contributed by atoms with Gasteiger partial charge < -0.3 is 5.32 Å². The van der Waals surface area contributed by atoms with Crippen molar-refractivity contribution in [2.45, 2.75) is 6.92 Å². The minimum Gasteiger partial charge on any atom is -0.314 e. The third-order valence-electron chi connectivity index (χ3n) is 2.80. The van der Waals surface area contributed by atoms with E-state index in [0.717, 1.165) is 38.3 Å². The molecule has 1 N–H and O–H groups in total. The number of benzene rings is 1. The average Bonchev–Trinajstić information content (AvgIpc) is 2.33. The molecule has 0 spiro atoms. The fraction of sp³-hybridized carbons (Fsp3) is 0.429. The van der Waals surface area contributed by atoms with E-state index in [0.29, 0.717) is 0 Å². The van der Waals surface area contributed by atoms with E-state index < -0.39 is 0 Å². The molecular weight excluding hydrogens is 196 g/mol. The molecule has 1 aliphatic rings. The minimum atomic E-state index is 0.884. The lowest BCUT2D eigenvalue weighted by Crippen LogP contribution is -2.43. The van der Waals surface area contributed by atoms with Crippen molar-refractivity contribution in [3.8, 4) is 11.8 Å². The number of hydrogen-bond acceptors (Lipinski definition) is 2. The summed E-state index contributed by atoms with van der Waals surface area (Å²) in [5.74, 6) is 6.45. The van der Waals surface area contributed by atoms with Crippen LogP contribution in [0.2, 0.25) is 0 Å². The van der Waals surface area contributed by atoms with Gasteiger partial charge in [0.15, 0.2) is 0 Å². The number of nitrogens with one attached hydrogen (secondary N) is 1. The zero-order chi connectivity index (χ0) is 11.2. The topological polar surface area (TPSA) is 15.3 Å². The summed E-state index contributed by atoms with van der Waals surface area (Å²) >= 11 is 0. The maximum atomic E-state index is 3.34. The van der Waals surface area contributed by atoms with Gasteiger partial charge in [-0.1, -0.05) is 29.5 Å². The summed E-state index contributed by atoms with van der Waals surface area (Å²) in [5, 5.41) is 3.34. The van der Waals surface area contributed by atoms with Gasteiger partial charge in [-0.2, -0.15) is 0 Å². The van der Waals surface area contributed by atoms with Gasteiger partial charge in [0.05, 0.1) is 6.54 Å². The van der Waals surface area contributed by atoms with E-state index in [1.54, 1.807) is 0 Å². The van der Waals surface area contributed by atoms with Gasteiger partial charge >= 0.3 is 0 Å². The molecule has 0 atom stereocenters. The molecule has 0 unspecified atom stereocenters. The lowest BCUT2D eigenvalue weighted by atomic mass is 10.1. The molecule has 1 aromatic carbocycles. The van der Waals surface area contributed by atoms with Crippen LogP contribution in [0.5, 0.6) is 0 Å². The number of piperazine rings is 1. The third kappa shape index (κ3) is 3.37. The molecule has 0 amide bonds. The Morgan fingerprint density at radius 3 is 2.56 bits per heavy atom. The van der Waals surface area contributed by atoms with Crippen LogP contribution in [0, 0.1) is 18.8 Å². The van der Waals surface area contributed by atoms with E-state index in [-0.39, 0.29) is 0 Å². The van der Waals surface area contributed by atoms with Crippen LogP contribution in [-0.4, -0.2) is 37.6 Å². The lowest BCUT2D eigenvalue weighted by Gasteiger charge is -2.24. The van der Waals surface area contributed by atoms with Crippen LogP contribution in [0.15, 0.2) is 24.3 Å². The molecule has 1 aliphatic heterocycles. The van der Waals surface area contributed by atoms with Gasteiger partial charge in [0.2, 0.25) is 0 Å². The van der Waals surface area contributed by atoms with Crippen molar-refractivity contribution >= 4 is 0 Å². The molecule has 0 radical (unpaired) electrons. The van der Waals surface area contributed by atoms with Gasteiger partial charge in [0, 0.05) is 31.7 Å². The zero-order valence-electron chi connectivity index (χ0n) is 9.79. The molecule has 1 fully saturated rings. The van der Waals surface area contributed by atoms with E-state index in [2.05, 4.69) is 53.2 Å². The Labute approximate surface area is 97.7 Å². The summed E-state index contributed by atoms with van der Waals surface area (Å²) in [5.41, 5.74) is 2.40. The predicted molar refractivity (Wildman–Crippen MR) is 67.4 cm³/mol. The van der Waals surface area contributed by atoms with Gasteiger partial charge in [0.25, 0.3) is 0 Å². The summed E-state index contributed by atoms with van der Waals surface area (Å²) in [4.78, 5) is 2.39. The van der Waals surface area contributed by atoms with E-state index in [9.17, 15) is 0 Å². The Morgan fingerprint density at radius 1 is 1.19 bits per heavy atom. The standard InChI is InChI=1S/C14H18N2/c1-13-4-6-14(7-5-13)3-2-10-16-11-8-15-9-12-16/h4-7,15H,8-12H2,1H3. The molecule has 2 heteroatoms. The second-order valence-corrected chi connectivity index (χ2v) is 4.19. The first-order valence-corrected chi connectivity index (χ1v) is 5.83. The second kappa shape index (κ2) is 5.69. The van der Waals surface area contributed by atoms with Crippen LogP contribution in [0.4, 0.5) is 0 Å². The first kappa shape index (κ1) is 11.2. The highest BCUT2D eigenvalue weighted by Gasteiger charge is 2.06. The van der Waals surface area contributed by atoms with Crippen LogP contribution >= 0.6 is 0 Å². The van der Waals surface area contributed by atoms with Crippen molar-refractivity contribution < 1.29 is 0 Å². The van der Waals surface area contributed by atoms with E-state index in [1.165, 1.54) is 5.56 Å². The van der Waals surface area contributed by atoms with Gasteiger partial charge in [-0.3, -0.25) is 4.90 Å². The molecule has 0 aliphatic carbocycles. The van der Waals surface area contributed by atoms with E-state index >= 15 is 0 Å². The molecule has 16 heavy (non-hydrogen) atoms. The first-order valence-electron chi connectivity index (χ1n) is 5.83. The normalized spacial score (nSPS) is 16.6. The first-order chi connectivity index (χ1) is 7.84. The van der Waals surface area contributed by atoms with Crippen LogP contribution in [0.25, 0.3) is 0 Å². The zero-order valence-corrected chi connectivity index (χ0v) is 9.79. The average molecular weight is 214 g/mol. The molecule has 1 aromatic rings. The molecule has 0 saturated carbocycles. The Hall–Kier alpha value is -1.30. The maximum absolute atomic E-state index is 3.34. The molecule has 2 rings (SSSR count). The largest absolute Gasteiger partial charge is 0.314 e. The lowest BCUT2D eigenvalue weighted by molar-refractivity contribution is 0.268. The molecule has 1 heterocycles. The number of aryl methyl sites for hydroxylation is 1. The van der Waals surface area contributed by atoms with Gasteiger partial charge in [-0.05, 0) is 19.1 Å². The van der Waals surface area contributed by atoms with Crippen LogP contribution in [-0.2, 0) is 0 Å². The third-order valence-corrected chi connectivity index (χ3v) is 2.80. The summed E-state index contributed by atoms with van der Waals surface area (Å²) < 4.78 is 0. The molecule has 0 aromatic heterocycles. The summed E-state index contributed by atoms with van der Waals surface area (Å²) in [7, 11) is 0. The van der Waals surface area contributed by atoms with Crippen LogP contribution < -0.4 is 5.32 Å². The SMILES string of the molecule is Cc1ccc(C#CCN2CCNCC2)cc1. The fourth-order valence-corrected chi connectivity index (χ4v) is 1.76. The summed E-state index contributed by atoms with van der Waals surface area (Å²) in [6, 6.07) is 8.38. The summed E-state index contributed by atoms with van der Waals surface area (Å²) in [6.45, 7) is 7.39. The molecule has 2 nitrogen and oxygen atoms in total. The number of hydrogen-bond donors (Lipinski definition) is 1. The van der Waals surface area contributed by atoms with E-state index in [1.807, 2.05) is 0 Å². The Bertz CT molecular complexity index is 377. The predicted octanol–water partition coefficient (Wildman–Crippen LogP) is 1.25. The van der Waals surface area contributed by atoms with Crippen molar-refractivity contribution in [3.63, 3.8) is 0 Å². The highest BCUT2D eigenvalue weighted by molar-refractivity contribution is 5.35. The van der Waals surface area contributed by atoms with Crippen molar-refractivity contribution in [2.75, 3.05) is 32.7 Å². The van der Waals surface area contributed by atoms with E-state index in [4.69, 9.17) is 0 Å². The Balaban J connectivity index is 1.87. The van der Waals surface area contributed by atoms with Crippen molar-refractivity contribution in [1.29, 1.82) is 0 Å². The van der Waals surface area contributed by atoms with Gasteiger partial charge in [-0.15, -0.1) is 0 Å². The van der Waals surface area contributed by atoms with Crippen molar-refractivity contribution in [3.05, 3.63) is 35.4 Å². The molecule has 1 saturated heterocycles. The molecular formula is C14H18N2. The highest BCUT2D eigenvalue weighted by atomic mass is 15.2. The highest BCUT2D eigenvalue weighted by Crippen LogP contribution is 2.00. The number of rotatable bonds is 1. The quantitative estimate of drug-likeness (QED) is 0.708.